The van der Waals surface area contributed by atoms with Crippen LogP contribution in [0.5, 0.6) is 0 Å². The molecule has 2 aromatic carbocycles. The molecular weight excluding hydrogens is 292 g/mol. The molecule has 0 spiro atoms. The van der Waals surface area contributed by atoms with E-state index in [0.717, 1.165) is 37.4 Å². The van der Waals surface area contributed by atoms with Crippen LogP contribution in [0.4, 0.5) is 11.4 Å². The van der Waals surface area contributed by atoms with Crippen molar-refractivity contribution in [2.24, 2.45) is 0 Å². The van der Waals surface area contributed by atoms with E-state index in [1.165, 1.54) is 17.8 Å². The summed E-state index contributed by atoms with van der Waals surface area (Å²) in [5, 5.41) is 10.6. The highest BCUT2D eigenvalue weighted by Crippen LogP contribution is 2.18. The predicted octanol–water partition coefficient (Wildman–Crippen LogP) is 3.60. The lowest BCUT2D eigenvalue weighted by molar-refractivity contribution is -0.384. The molecule has 1 heterocycles. The fraction of sp³-hybridized carbons (Fsp3) is 0.222. The fourth-order valence-corrected chi connectivity index (χ4v) is 2.52. The topological polar surface area (TPSA) is 55.6 Å². The number of nitro groups is 1. The highest BCUT2D eigenvalue weighted by Gasteiger charge is 2.10. The van der Waals surface area contributed by atoms with Gasteiger partial charge in [0.2, 0.25) is 0 Å². The van der Waals surface area contributed by atoms with Crippen LogP contribution in [0.15, 0.2) is 48.5 Å². The van der Waals surface area contributed by atoms with Crippen molar-refractivity contribution in [3.05, 3.63) is 69.8 Å². The number of benzene rings is 2. The molecule has 0 saturated carbocycles. The number of anilines is 1. The van der Waals surface area contributed by atoms with Crippen LogP contribution in [0.1, 0.15) is 11.1 Å². The lowest BCUT2D eigenvalue weighted by atomic mass is 10.1. The summed E-state index contributed by atoms with van der Waals surface area (Å²) in [4.78, 5) is 12.6. The van der Waals surface area contributed by atoms with Gasteiger partial charge in [-0.1, -0.05) is 24.3 Å². The minimum absolute atomic E-state index is 0.108. The molecule has 23 heavy (non-hydrogen) atoms. The maximum atomic E-state index is 10.6. The fourth-order valence-electron chi connectivity index (χ4n) is 2.52. The second-order valence-corrected chi connectivity index (χ2v) is 5.37. The quantitative estimate of drug-likeness (QED) is 0.492. The second kappa shape index (κ2) is 7.07. The van der Waals surface area contributed by atoms with Crippen molar-refractivity contribution in [1.82, 2.24) is 0 Å². The number of hydrogen-bond acceptors (Lipinski definition) is 4. The molecule has 118 valence electrons. The number of hydrogen-bond donors (Lipinski definition) is 0. The molecule has 2 aromatic rings. The Hall–Kier alpha value is -2.66. The number of non-ortho nitro benzene ring substituents is 1. The second-order valence-electron chi connectivity index (χ2n) is 5.37. The third-order valence-electron chi connectivity index (χ3n) is 3.84. The molecule has 3 rings (SSSR count). The van der Waals surface area contributed by atoms with Crippen molar-refractivity contribution in [2.45, 2.75) is 0 Å². The van der Waals surface area contributed by atoms with E-state index in [9.17, 15) is 10.1 Å². The van der Waals surface area contributed by atoms with Crippen molar-refractivity contribution < 1.29 is 9.66 Å². The predicted molar refractivity (Wildman–Crippen MR) is 91.5 cm³/mol. The van der Waals surface area contributed by atoms with Gasteiger partial charge in [0.1, 0.15) is 0 Å². The molecule has 1 aliphatic rings. The Kier molecular flexibility index (Phi) is 4.68. The van der Waals surface area contributed by atoms with Crippen molar-refractivity contribution >= 4 is 23.5 Å². The van der Waals surface area contributed by atoms with Crippen LogP contribution >= 0.6 is 0 Å². The summed E-state index contributed by atoms with van der Waals surface area (Å²) in [5.41, 5.74) is 3.35. The molecule has 0 atom stereocenters. The van der Waals surface area contributed by atoms with E-state index in [0.29, 0.717) is 0 Å². The molecule has 0 unspecified atom stereocenters. The first-order valence-electron chi connectivity index (χ1n) is 7.58. The highest BCUT2D eigenvalue weighted by molar-refractivity contribution is 5.71. The van der Waals surface area contributed by atoms with Gasteiger partial charge in [-0.3, -0.25) is 10.1 Å². The molecule has 0 aliphatic carbocycles. The van der Waals surface area contributed by atoms with Gasteiger partial charge in [-0.15, -0.1) is 0 Å². The first-order chi connectivity index (χ1) is 11.2. The van der Waals surface area contributed by atoms with E-state index in [1.807, 2.05) is 12.2 Å². The van der Waals surface area contributed by atoms with E-state index in [-0.39, 0.29) is 5.69 Å². The van der Waals surface area contributed by atoms with E-state index in [4.69, 9.17) is 4.74 Å². The zero-order chi connectivity index (χ0) is 16.1. The SMILES string of the molecule is O=[N+]([O-])c1ccc(C=Cc2ccc(N3CCOCC3)cc2)cc1. The lowest BCUT2D eigenvalue weighted by Crippen LogP contribution is -2.36. The van der Waals surface area contributed by atoms with E-state index >= 15 is 0 Å². The Labute approximate surface area is 135 Å². The summed E-state index contributed by atoms with van der Waals surface area (Å²) in [6.45, 7) is 3.42. The molecule has 0 radical (unpaired) electrons. The van der Waals surface area contributed by atoms with Crippen LogP contribution in [-0.2, 0) is 4.74 Å². The van der Waals surface area contributed by atoms with Crippen molar-refractivity contribution in [2.75, 3.05) is 31.2 Å². The van der Waals surface area contributed by atoms with E-state index < -0.39 is 4.92 Å². The van der Waals surface area contributed by atoms with Gasteiger partial charge in [-0.05, 0) is 35.4 Å². The average Bonchev–Trinajstić information content (AvgIpc) is 2.61. The number of nitro benzene ring substituents is 1. The van der Waals surface area contributed by atoms with Crippen LogP contribution in [0.25, 0.3) is 12.2 Å². The molecule has 1 aliphatic heterocycles. The van der Waals surface area contributed by atoms with Gasteiger partial charge in [-0.25, -0.2) is 0 Å². The van der Waals surface area contributed by atoms with E-state index in [1.54, 1.807) is 12.1 Å². The molecule has 0 bridgehead atoms. The number of ether oxygens (including phenoxy) is 1. The largest absolute Gasteiger partial charge is 0.378 e. The maximum absolute atomic E-state index is 10.6. The molecule has 1 saturated heterocycles. The van der Waals surface area contributed by atoms with Gasteiger partial charge in [-0.2, -0.15) is 0 Å². The van der Waals surface area contributed by atoms with Gasteiger partial charge in [0.15, 0.2) is 0 Å². The first kappa shape index (κ1) is 15.2. The Morgan fingerprint density at radius 2 is 1.43 bits per heavy atom. The summed E-state index contributed by atoms with van der Waals surface area (Å²) in [6.07, 6.45) is 3.96. The van der Waals surface area contributed by atoms with Gasteiger partial charge in [0, 0.05) is 30.9 Å². The number of nitrogens with zero attached hydrogens (tertiary/aromatic N) is 2. The number of morpholine rings is 1. The number of rotatable bonds is 4. The minimum Gasteiger partial charge on any atom is -0.378 e. The minimum atomic E-state index is -0.391. The molecule has 5 heteroatoms. The maximum Gasteiger partial charge on any atom is 0.269 e. The first-order valence-corrected chi connectivity index (χ1v) is 7.58. The van der Waals surface area contributed by atoms with Crippen LogP contribution in [0.2, 0.25) is 0 Å². The summed E-state index contributed by atoms with van der Waals surface area (Å²) >= 11 is 0. The van der Waals surface area contributed by atoms with Crippen LogP contribution in [-0.4, -0.2) is 31.2 Å². The molecule has 0 N–H and O–H groups in total. The summed E-state index contributed by atoms with van der Waals surface area (Å²) in [6, 6.07) is 14.9. The molecule has 0 aromatic heterocycles. The normalized spacial score (nSPS) is 15.0. The third-order valence-corrected chi connectivity index (χ3v) is 3.84. The molecule has 0 amide bonds. The van der Waals surface area contributed by atoms with Crippen molar-refractivity contribution in [3.63, 3.8) is 0 Å². The van der Waals surface area contributed by atoms with Crippen LogP contribution in [0.3, 0.4) is 0 Å². The van der Waals surface area contributed by atoms with Gasteiger partial charge >= 0.3 is 0 Å². The molecular formula is C18H18N2O3. The van der Waals surface area contributed by atoms with E-state index in [2.05, 4.69) is 29.2 Å². The van der Waals surface area contributed by atoms with Crippen LogP contribution < -0.4 is 4.90 Å². The highest BCUT2D eigenvalue weighted by atomic mass is 16.6. The van der Waals surface area contributed by atoms with Gasteiger partial charge < -0.3 is 9.64 Å². The Morgan fingerprint density at radius 1 is 0.913 bits per heavy atom. The van der Waals surface area contributed by atoms with Gasteiger partial charge in [0.25, 0.3) is 5.69 Å². The average molecular weight is 310 g/mol. The molecule has 5 nitrogen and oxygen atoms in total. The third kappa shape index (κ3) is 3.96. The zero-order valence-corrected chi connectivity index (χ0v) is 12.7. The van der Waals surface area contributed by atoms with Crippen molar-refractivity contribution in [1.29, 1.82) is 0 Å². The summed E-state index contributed by atoms with van der Waals surface area (Å²) in [7, 11) is 0. The Morgan fingerprint density at radius 3 is 1.96 bits per heavy atom. The summed E-state index contributed by atoms with van der Waals surface area (Å²) in [5.74, 6) is 0. The lowest BCUT2D eigenvalue weighted by Gasteiger charge is -2.28. The smallest absolute Gasteiger partial charge is 0.269 e. The molecule has 1 fully saturated rings. The monoisotopic (exact) mass is 310 g/mol. The zero-order valence-electron chi connectivity index (χ0n) is 12.7. The summed E-state index contributed by atoms with van der Waals surface area (Å²) < 4.78 is 5.36. The van der Waals surface area contributed by atoms with Crippen LogP contribution in [0, 0.1) is 10.1 Å². The standard InChI is InChI=1S/C18H18N2O3/c21-20(22)18-9-5-16(6-10-18)2-1-15-3-7-17(8-4-15)19-11-13-23-14-12-19/h1-10H,11-14H2. The van der Waals surface area contributed by atoms with Gasteiger partial charge in [0.05, 0.1) is 18.1 Å². The Balaban J connectivity index is 1.66. The Bertz CT molecular complexity index is 687. The van der Waals surface area contributed by atoms with Crippen molar-refractivity contribution in [3.8, 4) is 0 Å².